The van der Waals surface area contributed by atoms with Gasteiger partial charge in [-0.15, -0.1) is 0 Å². The highest BCUT2D eigenvalue weighted by Crippen LogP contribution is 2.35. The zero-order chi connectivity index (χ0) is 15.6. The fourth-order valence-corrected chi connectivity index (χ4v) is 3.75. The first-order valence-electron chi connectivity index (χ1n) is 6.69. The molecule has 1 aromatic rings. The second-order valence-corrected chi connectivity index (χ2v) is 7.82. The molecule has 21 heavy (non-hydrogen) atoms. The number of nitrogens with one attached hydrogen (secondary N) is 1. The second kappa shape index (κ2) is 6.46. The van der Waals surface area contributed by atoms with Crippen LogP contribution in [0.2, 0.25) is 0 Å². The smallest absolute Gasteiger partial charge is 0.307 e. The van der Waals surface area contributed by atoms with Crippen molar-refractivity contribution in [1.29, 1.82) is 0 Å². The van der Waals surface area contributed by atoms with E-state index in [2.05, 4.69) is 25.4 Å². The largest absolute Gasteiger partial charge is 0.469 e. The SMILES string of the molecule is COC(=O)C[C@@H](NS(=O)(=O)c1ccc(Br)c(C)c1)C1CC1. The molecule has 1 fully saturated rings. The van der Waals surface area contributed by atoms with Crippen molar-refractivity contribution >= 4 is 31.9 Å². The highest BCUT2D eigenvalue weighted by Gasteiger charge is 2.36. The topological polar surface area (TPSA) is 72.5 Å². The third-order valence-electron chi connectivity index (χ3n) is 3.55. The normalized spacial score (nSPS) is 16.5. The second-order valence-electron chi connectivity index (χ2n) is 5.26. The van der Waals surface area contributed by atoms with E-state index >= 15 is 0 Å². The van der Waals surface area contributed by atoms with Crippen LogP contribution in [-0.4, -0.2) is 27.5 Å². The van der Waals surface area contributed by atoms with Gasteiger partial charge >= 0.3 is 5.97 Å². The molecule has 0 amide bonds. The number of esters is 1. The van der Waals surface area contributed by atoms with Crippen molar-refractivity contribution in [2.75, 3.05) is 7.11 Å². The van der Waals surface area contributed by atoms with Gasteiger partial charge in [0.1, 0.15) is 0 Å². The molecular formula is C14H18BrNO4S. The first kappa shape index (κ1) is 16.5. The summed E-state index contributed by atoms with van der Waals surface area (Å²) in [5, 5.41) is 0. The Balaban J connectivity index is 2.17. The lowest BCUT2D eigenvalue weighted by atomic mass is 10.1. The zero-order valence-electron chi connectivity index (χ0n) is 11.9. The van der Waals surface area contributed by atoms with E-state index in [0.29, 0.717) is 0 Å². The molecular weight excluding hydrogens is 358 g/mol. The van der Waals surface area contributed by atoms with Crippen molar-refractivity contribution in [3.05, 3.63) is 28.2 Å². The number of aryl methyl sites for hydroxylation is 1. The lowest BCUT2D eigenvalue weighted by Crippen LogP contribution is -2.38. The van der Waals surface area contributed by atoms with Gasteiger partial charge in [0.25, 0.3) is 0 Å². The van der Waals surface area contributed by atoms with Gasteiger partial charge in [-0.05, 0) is 49.4 Å². The third kappa shape index (κ3) is 4.28. The van der Waals surface area contributed by atoms with E-state index in [4.69, 9.17) is 0 Å². The monoisotopic (exact) mass is 375 g/mol. The first-order valence-corrected chi connectivity index (χ1v) is 8.96. The number of carbonyl (C=O) groups excluding carboxylic acids is 1. The van der Waals surface area contributed by atoms with Gasteiger partial charge in [0.15, 0.2) is 0 Å². The maximum absolute atomic E-state index is 12.4. The lowest BCUT2D eigenvalue weighted by molar-refractivity contribution is -0.141. The Hall–Kier alpha value is -0.920. The summed E-state index contributed by atoms with van der Waals surface area (Å²) >= 11 is 3.35. The van der Waals surface area contributed by atoms with Crippen LogP contribution in [0.4, 0.5) is 0 Å². The molecule has 5 nitrogen and oxygen atoms in total. The summed E-state index contributed by atoms with van der Waals surface area (Å²) in [6, 6.07) is 4.46. The first-order chi connectivity index (χ1) is 9.83. The molecule has 1 aliphatic rings. The predicted molar refractivity (Wildman–Crippen MR) is 82.3 cm³/mol. The van der Waals surface area contributed by atoms with Gasteiger partial charge in [0.2, 0.25) is 10.0 Å². The van der Waals surface area contributed by atoms with Crippen LogP contribution in [0.3, 0.4) is 0 Å². The number of methoxy groups -OCH3 is 1. The van der Waals surface area contributed by atoms with Crippen LogP contribution in [0.25, 0.3) is 0 Å². The van der Waals surface area contributed by atoms with Crippen LogP contribution in [0, 0.1) is 12.8 Å². The molecule has 1 atom stereocenters. The van der Waals surface area contributed by atoms with Crippen molar-refractivity contribution in [3.63, 3.8) is 0 Å². The van der Waals surface area contributed by atoms with Crippen molar-refractivity contribution in [3.8, 4) is 0 Å². The van der Waals surface area contributed by atoms with Gasteiger partial charge in [0, 0.05) is 10.5 Å². The van der Waals surface area contributed by atoms with Gasteiger partial charge < -0.3 is 4.74 Å². The maximum atomic E-state index is 12.4. The number of benzene rings is 1. The number of sulfonamides is 1. The number of halogens is 1. The van der Waals surface area contributed by atoms with E-state index in [1.54, 1.807) is 18.2 Å². The molecule has 1 aliphatic carbocycles. The molecule has 1 N–H and O–H groups in total. The highest BCUT2D eigenvalue weighted by atomic mass is 79.9. The molecule has 0 aliphatic heterocycles. The van der Waals surface area contributed by atoms with Crippen molar-refractivity contribution < 1.29 is 17.9 Å². The molecule has 0 spiro atoms. The predicted octanol–water partition coefficient (Wildman–Crippen LogP) is 2.38. The quantitative estimate of drug-likeness (QED) is 0.774. The summed E-state index contributed by atoms with van der Waals surface area (Å²) < 4.78 is 33.0. The minimum Gasteiger partial charge on any atom is -0.469 e. The number of rotatable bonds is 6. The Kier molecular flexibility index (Phi) is 5.06. The van der Waals surface area contributed by atoms with Gasteiger partial charge in [-0.1, -0.05) is 15.9 Å². The summed E-state index contributed by atoms with van der Waals surface area (Å²) in [6.45, 7) is 1.83. The van der Waals surface area contributed by atoms with Crippen LogP contribution in [0.15, 0.2) is 27.6 Å². The van der Waals surface area contributed by atoms with E-state index in [9.17, 15) is 13.2 Å². The van der Waals surface area contributed by atoms with E-state index in [-0.39, 0.29) is 17.2 Å². The van der Waals surface area contributed by atoms with Crippen LogP contribution in [0.5, 0.6) is 0 Å². The van der Waals surface area contributed by atoms with Crippen LogP contribution >= 0.6 is 15.9 Å². The van der Waals surface area contributed by atoms with Crippen molar-refractivity contribution in [1.82, 2.24) is 4.72 Å². The van der Waals surface area contributed by atoms with Crippen LogP contribution in [-0.2, 0) is 19.6 Å². The molecule has 0 saturated heterocycles. The van der Waals surface area contributed by atoms with E-state index < -0.39 is 22.0 Å². The third-order valence-corrected chi connectivity index (χ3v) is 5.93. The van der Waals surface area contributed by atoms with Crippen molar-refractivity contribution in [2.24, 2.45) is 5.92 Å². The molecule has 1 aromatic carbocycles. The Labute approximate surface area is 133 Å². The average molecular weight is 376 g/mol. The molecule has 0 aromatic heterocycles. The van der Waals surface area contributed by atoms with E-state index in [0.717, 1.165) is 22.9 Å². The van der Waals surface area contributed by atoms with Gasteiger partial charge in [-0.3, -0.25) is 4.79 Å². The fraction of sp³-hybridized carbons (Fsp3) is 0.500. The molecule has 0 unspecified atom stereocenters. The van der Waals surface area contributed by atoms with Gasteiger partial charge in [0.05, 0.1) is 18.4 Å². The zero-order valence-corrected chi connectivity index (χ0v) is 14.3. The Morgan fingerprint density at radius 2 is 2.14 bits per heavy atom. The maximum Gasteiger partial charge on any atom is 0.307 e. The van der Waals surface area contributed by atoms with Crippen molar-refractivity contribution in [2.45, 2.75) is 37.1 Å². The van der Waals surface area contributed by atoms with E-state index in [1.165, 1.54) is 7.11 Å². The van der Waals surface area contributed by atoms with Gasteiger partial charge in [-0.25, -0.2) is 13.1 Å². The summed E-state index contributed by atoms with van der Waals surface area (Å²) in [6.07, 6.45) is 1.93. The highest BCUT2D eigenvalue weighted by molar-refractivity contribution is 9.10. The lowest BCUT2D eigenvalue weighted by Gasteiger charge is -2.17. The fourth-order valence-electron chi connectivity index (χ4n) is 2.12. The molecule has 7 heteroatoms. The number of hydrogen-bond acceptors (Lipinski definition) is 4. The minimum absolute atomic E-state index is 0.0654. The Morgan fingerprint density at radius 3 is 2.67 bits per heavy atom. The molecule has 0 radical (unpaired) electrons. The molecule has 0 heterocycles. The summed E-state index contributed by atoms with van der Waals surface area (Å²) in [7, 11) is -2.33. The summed E-state index contributed by atoms with van der Waals surface area (Å²) in [4.78, 5) is 11.6. The number of carbonyl (C=O) groups is 1. The molecule has 1 saturated carbocycles. The van der Waals surface area contributed by atoms with Gasteiger partial charge in [-0.2, -0.15) is 0 Å². The number of ether oxygens (including phenoxy) is 1. The van der Waals surface area contributed by atoms with E-state index in [1.807, 2.05) is 6.92 Å². The van der Waals surface area contributed by atoms with Crippen LogP contribution < -0.4 is 4.72 Å². The van der Waals surface area contributed by atoms with Crippen LogP contribution in [0.1, 0.15) is 24.8 Å². The number of hydrogen-bond donors (Lipinski definition) is 1. The standard InChI is InChI=1S/C14H18BrNO4S/c1-9-7-11(5-6-12(9)15)21(18,19)16-13(10-3-4-10)8-14(17)20-2/h5-7,10,13,16H,3-4,8H2,1-2H3/t13-/m1/s1. The Morgan fingerprint density at radius 1 is 1.48 bits per heavy atom. The summed E-state index contributed by atoms with van der Waals surface area (Å²) in [5.41, 5.74) is 0.841. The molecule has 116 valence electrons. The Bertz CT molecular complexity index is 640. The minimum atomic E-state index is -3.64. The molecule has 2 rings (SSSR count). The summed E-state index contributed by atoms with van der Waals surface area (Å²) in [5.74, 6) is -0.183. The average Bonchev–Trinajstić information content (AvgIpc) is 3.25. The molecule has 0 bridgehead atoms.